The molecule has 5 saturated heterocycles. The van der Waals surface area contributed by atoms with Crippen molar-refractivity contribution >= 4 is 5.91 Å². The fraction of sp³-hybridized carbons (Fsp3) is 0.986. The van der Waals surface area contributed by atoms with Crippen LogP contribution in [0.2, 0.25) is 0 Å². The smallest absolute Gasteiger partial charge is 0.249 e. The summed E-state index contributed by atoms with van der Waals surface area (Å²) in [5.74, 6) is -0.833. The predicted molar refractivity (Wildman–Crippen MR) is 369 cm³/mol. The predicted octanol–water partition coefficient (Wildman–Crippen LogP) is -0.0296. The second-order valence-corrected chi connectivity index (χ2v) is 29.2. The molecular weight excluding hydrogens is 1360 g/mol. The Bertz CT molecular complexity index is 2150. The number of hydrogen-bond donors (Lipinski definition) is 20. The molecule has 31 heteroatoms. The minimum absolute atomic E-state index is 0.133. The molecule has 0 aromatic carbocycles. The van der Waals surface area contributed by atoms with Gasteiger partial charge in [-0.2, -0.15) is 0 Å². The van der Waals surface area contributed by atoms with Crippen molar-refractivity contribution in [3.63, 3.8) is 0 Å². The Balaban J connectivity index is 1.11. The maximum Gasteiger partial charge on any atom is 0.249 e. The third-order valence-electron chi connectivity index (χ3n) is 20.8. The van der Waals surface area contributed by atoms with Gasteiger partial charge in [-0.3, -0.25) is 4.79 Å². The molecule has 0 radical (unpaired) electrons. The van der Waals surface area contributed by atoms with Crippen LogP contribution in [0, 0.1) is 0 Å². The van der Waals surface area contributed by atoms with Gasteiger partial charge in [0.2, 0.25) is 5.91 Å². The molecule has 0 aromatic heterocycles. The Morgan fingerprint density at radius 2 is 0.641 bits per heavy atom. The first kappa shape index (κ1) is 91.9. The quantitative estimate of drug-likeness (QED) is 0.0356. The monoisotopic (exact) mass is 1490 g/mol. The number of carbonyl (C=O) groups excluding carboxylic acids is 1. The number of carbonyl (C=O) groups is 1. The first-order chi connectivity index (χ1) is 49.5. The van der Waals surface area contributed by atoms with Crippen molar-refractivity contribution in [2.24, 2.45) is 0 Å². The third kappa shape index (κ3) is 30.2. The molecule has 103 heavy (non-hydrogen) atoms. The van der Waals surface area contributed by atoms with Crippen LogP contribution in [0.1, 0.15) is 232 Å². The largest absolute Gasteiger partial charge is 0.394 e. The van der Waals surface area contributed by atoms with Crippen molar-refractivity contribution in [2.45, 2.75) is 410 Å². The van der Waals surface area contributed by atoms with Crippen molar-refractivity contribution < 1.29 is 149 Å². The summed E-state index contributed by atoms with van der Waals surface area (Å²) >= 11 is 0. The molecule has 608 valence electrons. The zero-order valence-corrected chi connectivity index (χ0v) is 61.0. The summed E-state index contributed by atoms with van der Waals surface area (Å²) in [5.41, 5.74) is 0. The number of unbranched alkanes of at least 4 members (excludes halogenated alkanes) is 30. The van der Waals surface area contributed by atoms with E-state index in [0.29, 0.717) is 12.8 Å². The van der Waals surface area contributed by atoms with Gasteiger partial charge >= 0.3 is 0 Å². The minimum atomic E-state index is -2.11. The Kier molecular flexibility index (Phi) is 45.5. The first-order valence-corrected chi connectivity index (χ1v) is 39.0. The number of amides is 1. The van der Waals surface area contributed by atoms with Crippen LogP contribution in [0.25, 0.3) is 0 Å². The summed E-state index contributed by atoms with van der Waals surface area (Å²) in [6.45, 7) is -0.536. The number of aliphatic hydroxyl groups excluding tert-OH is 19. The number of ether oxygens (including phenoxy) is 10. The lowest BCUT2D eigenvalue weighted by molar-refractivity contribution is -0.375. The van der Waals surface area contributed by atoms with E-state index in [1.807, 2.05) is 0 Å². The van der Waals surface area contributed by atoms with Crippen LogP contribution in [-0.2, 0) is 52.2 Å². The number of nitrogens with one attached hydrogen (secondary N) is 1. The molecular formula is C72H135NO30. The number of rotatable bonds is 54. The average molecular weight is 1490 g/mol. The first-order valence-electron chi connectivity index (χ1n) is 39.0. The lowest BCUT2D eigenvalue weighted by Crippen LogP contribution is -2.66. The van der Waals surface area contributed by atoms with Crippen molar-refractivity contribution in [1.29, 1.82) is 0 Å². The minimum Gasteiger partial charge on any atom is -0.394 e. The van der Waals surface area contributed by atoms with Crippen LogP contribution in [0.15, 0.2) is 0 Å². The normalized spacial score (nSPS) is 35.6. The van der Waals surface area contributed by atoms with Crippen molar-refractivity contribution in [2.75, 3.05) is 39.6 Å². The van der Waals surface area contributed by atoms with Gasteiger partial charge < -0.3 is 150 Å². The highest BCUT2D eigenvalue weighted by atomic mass is 16.8. The molecule has 29 atom stereocenters. The molecule has 5 aliphatic heterocycles. The van der Waals surface area contributed by atoms with Gasteiger partial charge in [0.05, 0.1) is 51.8 Å². The van der Waals surface area contributed by atoms with Crippen LogP contribution in [-0.4, -0.2) is 320 Å². The number of hydrogen-bond acceptors (Lipinski definition) is 30. The van der Waals surface area contributed by atoms with E-state index in [4.69, 9.17) is 47.4 Å². The van der Waals surface area contributed by atoms with Gasteiger partial charge in [-0.15, -0.1) is 0 Å². The van der Waals surface area contributed by atoms with E-state index >= 15 is 0 Å². The van der Waals surface area contributed by atoms with E-state index in [9.17, 15) is 102 Å². The summed E-state index contributed by atoms with van der Waals surface area (Å²) < 4.78 is 56.8. The van der Waals surface area contributed by atoms with Crippen LogP contribution >= 0.6 is 0 Å². The highest BCUT2D eigenvalue weighted by molar-refractivity contribution is 5.80. The summed E-state index contributed by atoms with van der Waals surface area (Å²) in [6, 6.07) is -1.39. The number of aliphatic hydroxyl groups is 19. The summed E-state index contributed by atoms with van der Waals surface area (Å²) in [5, 5.41) is 209. The topological polar surface area (TPSA) is 506 Å². The van der Waals surface area contributed by atoms with Crippen LogP contribution in [0.5, 0.6) is 0 Å². The van der Waals surface area contributed by atoms with E-state index in [1.165, 1.54) is 135 Å². The maximum absolute atomic E-state index is 13.6. The van der Waals surface area contributed by atoms with Gasteiger partial charge in [0.1, 0.15) is 134 Å². The molecule has 0 saturated carbocycles. The molecule has 0 aromatic rings. The molecule has 0 bridgehead atoms. The third-order valence-corrected chi connectivity index (χ3v) is 20.8. The van der Waals surface area contributed by atoms with E-state index in [2.05, 4.69) is 19.2 Å². The van der Waals surface area contributed by atoms with E-state index in [0.717, 1.165) is 57.8 Å². The summed E-state index contributed by atoms with van der Waals surface area (Å²) in [4.78, 5) is 13.6. The summed E-state index contributed by atoms with van der Waals surface area (Å²) in [7, 11) is 0. The Morgan fingerprint density at radius 3 is 1.07 bits per heavy atom. The van der Waals surface area contributed by atoms with Crippen LogP contribution < -0.4 is 5.32 Å². The van der Waals surface area contributed by atoms with Gasteiger partial charge in [-0.05, 0) is 12.8 Å². The SMILES string of the molecule is CCCCCCCCCCCCCCCCCCCCCC[C@@H](O)C(=O)N[C@@H](CO[C@@H]1O[C@H](CO[C@@H]2O[C@H](CO)[C@H](O[C@@H]3O[C@H](CO[C@@H]4O[C@H](CO)[C@H](O)[C@H](O[C@H]5O[C@H](CO)[C@@H](O)[C@H](O)[C@@H]5O)[C@H]4O)[C@@H](O)[C@H](O)[C@H]3O)[C@H](O)[C@H]2O)[C@H](O)[C@H](O)[C@H]1O)[C@H](O)[C@H](O)CCCCCCCCCCCCCC. The van der Waals surface area contributed by atoms with Crippen LogP contribution in [0.3, 0.4) is 0 Å². The molecule has 20 N–H and O–H groups in total. The maximum atomic E-state index is 13.6. The van der Waals surface area contributed by atoms with Crippen molar-refractivity contribution in [3.05, 3.63) is 0 Å². The fourth-order valence-corrected chi connectivity index (χ4v) is 14.0. The molecule has 0 aliphatic carbocycles. The Labute approximate surface area is 608 Å². The molecule has 5 aliphatic rings. The molecule has 1 amide bonds. The van der Waals surface area contributed by atoms with Gasteiger partial charge in [0.25, 0.3) is 0 Å². The van der Waals surface area contributed by atoms with E-state index in [1.54, 1.807) is 0 Å². The van der Waals surface area contributed by atoms with Gasteiger partial charge in [0.15, 0.2) is 31.5 Å². The van der Waals surface area contributed by atoms with E-state index in [-0.39, 0.29) is 12.8 Å². The average Bonchev–Trinajstić information content (AvgIpc) is 0.790. The zero-order chi connectivity index (χ0) is 75.4. The van der Waals surface area contributed by atoms with Gasteiger partial charge in [-0.1, -0.05) is 219 Å². The van der Waals surface area contributed by atoms with Gasteiger partial charge in [-0.25, -0.2) is 0 Å². The lowest BCUT2D eigenvalue weighted by Gasteiger charge is -2.47. The molecule has 0 unspecified atom stereocenters. The van der Waals surface area contributed by atoms with Crippen molar-refractivity contribution in [3.8, 4) is 0 Å². The zero-order valence-electron chi connectivity index (χ0n) is 61.0. The van der Waals surface area contributed by atoms with E-state index < -0.39 is 223 Å². The molecule has 5 rings (SSSR count). The lowest BCUT2D eigenvalue weighted by atomic mass is 9.96. The molecule has 5 heterocycles. The Hall–Kier alpha value is -1.69. The van der Waals surface area contributed by atoms with Crippen LogP contribution in [0.4, 0.5) is 0 Å². The second-order valence-electron chi connectivity index (χ2n) is 29.2. The fourth-order valence-electron chi connectivity index (χ4n) is 14.0. The summed E-state index contributed by atoms with van der Waals surface area (Å²) in [6.07, 6.45) is -13.8. The van der Waals surface area contributed by atoms with Crippen molar-refractivity contribution in [1.82, 2.24) is 5.32 Å². The second kappa shape index (κ2) is 51.0. The standard InChI is InChI=1S/C72H135NO30/c1-3-5-7-9-11-13-15-17-18-19-20-21-22-23-24-26-28-30-32-34-36-45(78)67(93)73-43(51(79)44(77)35-33-31-29-27-25-16-14-12-10-8-6-4-2)40-94-68-60(88)57(85)53(81)49(100-68)41-95-69-63(91)59(87)65(48(39-76)99-69)102-72-62(90)58(86)54(82)50(101-72)42-96-70-64(92)66(55(83)47(38-75)97-70)103-71-61(89)56(84)52(80)46(37-74)98-71/h43-66,68-72,74-92H,3-42H2,1-2H3,(H,73,93)/t43-,44+,45+,46+,47+,48+,49+,50+,51-,52+,53-,54+,55-,56-,57-,58-,59+,60+,61-,62+,63+,64+,65-,66-,68+,69+,70+,71+,72-/m0/s1. The van der Waals surface area contributed by atoms with Gasteiger partial charge in [0, 0.05) is 0 Å². The Morgan fingerprint density at radius 1 is 0.330 bits per heavy atom. The molecule has 5 fully saturated rings. The highest BCUT2D eigenvalue weighted by Crippen LogP contribution is 2.34. The highest BCUT2D eigenvalue weighted by Gasteiger charge is 2.55. The molecule has 0 spiro atoms. The molecule has 31 nitrogen and oxygen atoms in total.